The Labute approximate surface area is 87.5 Å². The van der Waals surface area contributed by atoms with Crippen LogP contribution in [-0.4, -0.2) is 19.5 Å². The van der Waals surface area contributed by atoms with E-state index in [9.17, 15) is 0 Å². The van der Waals surface area contributed by atoms with E-state index in [0.717, 1.165) is 13.0 Å². The van der Waals surface area contributed by atoms with Crippen molar-refractivity contribution in [3.8, 4) is 0 Å². The van der Waals surface area contributed by atoms with Gasteiger partial charge >= 0.3 is 0 Å². The molecule has 0 radical (unpaired) electrons. The zero-order valence-corrected chi connectivity index (χ0v) is 9.54. The number of halogens is 1. The maximum atomic E-state index is 5.54. The molecule has 70 valence electrons. The minimum atomic E-state index is 0.297. The number of allylic oxidation sites excluding steroid dienone is 1. The Hall–Kier alpha value is 0.390. The van der Waals surface area contributed by atoms with Gasteiger partial charge in [0.05, 0.1) is 6.10 Å². The molecule has 0 aliphatic heterocycles. The highest BCUT2D eigenvalue weighted by Crippen LogP contribution is 2.25. The van der Waals surface area contributed by atoms with Gasteiger partial charge in [0.2, 0.25) is 0 Å². The van der Waals surface area contributed by atoms with Crippen LogP contribution >= 0.6 is 22.6 Å². The molecule has 0 saturated heterocycles. The van der Waals surface area contributed by atoms with Crippen LogP contribution in [0.3, 0.4) is 0 Å². The zero-order valence-electron chi connectivity index (χ0n) is 7.38. The average molecular weight is 282 g/mol. The lowest BCUT2D eigenvalue weighted by Crippen LogP contribution is -2.17. The average Bonchev–Trinajstić information content (AvgIpc) is 2.09. The molecule has 0 heterocycles. The molecule has 0 aromatic carbocycles. The summed E-state index contributed by atoms with van der Waals surface area (Å²) in [5.41, 5.74) is 0. The van der Waals surface area contributed by atoms with Crippen LogP contribution in [0, 0.1) is 0 Å². The van der Waals surface area contributed by atoms with Crippen LogP contribution in [-0.2, 0) is 9.47 Å². The van der Waals surface area contributed by atoms with Crippen LogP contribution in [0.5, 0.6) is 0 Å². The first-order chi connectivity index (χ1) is 5.84. The standard InChI is InChI=1S/C9H15IO2/c1-2-11-7-12-9-6-4-3-5-8(9)10/h5,9H,2-4,6-7H2,1H3. The van der Waals surface area contributed by atoms with Gasteiger partial charge in [-0.1, -0.05) is 6.08 Å². The summed E-state index contributed by atoms with van der Waals surface area (Å²) in [6.07, 6.45) is 6.13. The van der Waals surface area contributed by atoms with Crippen LogP contribution in [0.2, 0.25) is 0 Å². The van der Waals surface area contributed by atoms with E-state index in [1.165, 1.54) is 16.4 Å². The van der Waals surface area contributed by atoms with Crippen molar-refractivity contribution in [1.29, 1.82) is 0 Å². The van der Waals surface area contributed by atoms with Gasteiger partial charge in [0.1, 0.15) is 6.79 Å². The second-order valence-electron chi connectivity index (χ2n) is 2.79. The first-order valence-corrected chi connectivity index (χ1v) is 5.47. The summed E-state index contributed by atoms with van der Waals surface area (Å²) in [7, 11) is 0. The van der Waals surface area contributed by atoms with Crippen molar-refractivity contribution < 1.29 is 9.47 Å². The van der Waals surface area contributed by atoms with E-state index in [1.54, 1.807) is 0 Å². The van der Waals surface area contributed by atoms with E-state index in [4.69, 9.17) is 9.47 Å². The van der Waals surface area contributed by atoms with Gasteiger partial charge in [0.15, 0.2) is 0 Å². The van der Waals surface area contributed by atoms with Crippen LogP contribution in [0.4, 0.5) is 0 Å². The van der Waals surface area contributed by atoms with Crippen molar-refractivity contribution in [2.75, 3.05) is 13.4 Å². The van der Waals surface area contributed by atoms with Crippen molar-refractivity contribution in [1.82, 2.24) is 0 Å². The fraction of sp³-hybridized carbons (Fsp3) is 0.778. The van der Waals surface area contributed by atoms with Gasteiger partial charge < -0.3 is 9.47 Å². The SMILES string of the molecule is CCOCOC1CCCC=C1I. The van der Waals surface area contributed by atoms with E-state index < -0.39 is 0 Å². The smallest absolute Gasteiger partial charge is 0.147 e. The fourth-order valence-corrected chi connectivity index (χ4v) is 1.99. The van der Waals surface area contributed by atoms with Crippen LogP contribution in [0.25, 0.3) is 0 Å². The largest absolute Gasteiger partial charge is 0.356 e. The lowest BCUT2D eigenvalue weighted by molar-refractivity contribution is -0.0752. The monoisotopic (exact) mass is 282 g/mol. The topological polar surface area (TPSA) is 18.5 Å². The Morgan fingerprint density at radius 3 is 3.17 bits per heavy atom. The summed E-state index contributed by atoms with van der Waals surface area (Å²) in [6, 6.07) is 0. The van der Waals surface area contributed by atoms with Gasteiger partial charge in [0.25, 0.3) is 0 Å². The highest BCUT2D eigenvalue weighted by atomic mass is 127. The highest BCUT2D eigenvalue weighted by Gasteiger charge is 2.15. The molecular formula is C9H15IO2. The van der Waals surface area contributed by atoms with Crippen LogP contribution in [0.15, 0.2) is 9.66 Å². The Kier molecular flexibility index (Phi) is 5.18. The summed E-state index contributed by atoms with van der Waals surface area (Å²) in [5, 5.41) is 0. The summed E-state index contributed by atoms with van der Waals surface area (Å²) < 4.78 is 12.0. The maximum Gasteiger partial charge on any atom is 0.147 e. The maximum absolute atomic E-state index is 5.54. The number of ether oxygens (including phenoxy) is 2. The molecule has 0 bridgehead atoms. The third-order valence-corrected chi connectivity index (χ3v) is 3.01. The normalized spacial score (nSPS) is 23.8. The molecule has 12 heavy (non-hydrogen) atoms. The van der Waals surface area contributed by atoms with Crippen LogP contribution in [0.1, 0.15) is 26.2 Å². The van der Waals surface area contributed by atoms with Crippen molar-refractivity contribution in [3.05, 3.63) is 9.66 Å². The molecule has 0 saturated carbocycles. The third kappa shape index (κ3) is 3.41. The van der Waals surface area contributed by atoms with E-state index in [-0.39, 0.29) is 0 Å². The summed E-state index contributed by atoms with van der Waals surface area (Å²) in [4.78, 5) is 0. The van der Waals surface area contributed by atoms with Crippen molar-refractivity contribution in [3.63, 3.8) is 0 Å². The fourth-order valence-electron chi connectivity index (χ4n) is 1.19. The van der Waals surface area contributed by atoms with E-state index >= 15 is 0 Å². The lowest BCUT2D eigenvalue weighted by Gasteiger charge is -2.20. The molecule has 1 rings (SSSR count). The molecule has 0 spiro atoms. The van der Waals surface area contributed by atoms with Gasteiger partial charge in [-0.25, -0.2) is 0 Å². The quantitative estimate of drug-likeness (QED) is 0.448. The Morgan fingerprint density at radius 2 is 2.50 bits per heavy atom. The second-order valence-corrected chi connectivity index (χ2v) is 4.03. The predicted octanol–water partition coefficient (Wildman–Crippen LogP) is 2.87. The first-order valence-electron chi connectivity index (χ1n) is 4.39. The second kappa shape index (κ2) is 5.94. The zero-order chi connectivity index (χ0) is 8.81. The highest BCUT2D eigenvalue weighted by molar-refractivity contribution is 14.1. The van der Waals surface area contributed by atoms with Gasteiger partial charge in [-0.05, 0) is 48.8 Å². The van der Waals surface area contributed by atoms with Gasteiger partial charge in [-0.15, -0.1) is 0 Å². The van der Waals surface area contributed by atoms with Crippen molar-refractivity contribution in [2.45, 2.75) is 32.3 Å². The van der Waals surface area contributed by atoms with E-state index in [0.29, 0.717) is 12.9 Å². The first kappa shape index (κ1) is 10.5. The van der Waals surface area contributed by atoms with E-state index in [2.05, 4.69) is 28.7 Å². The van der Waals surface area contributed by atoms with Crippen molar-refractivity contribution in [2.24, 2.45) is 0 Å². The molecule has 0 amide bonds. The Morgan fingerprint density at radius 1 is 1.67 bits per heavy atom. The van der Waals surface area contributed by atoms with Gasteiger partial charge in [-0.3, -0.25) is 0 Å². The number of hydrogen-bond acceptors (Lipinski definition) is 2. The molecule has 0 aromatic rings. The van der Waals surface area contributed by atoms with Crippen LogP contribution < -0.4 is 0 Å². The molecule has 0 N–H and O–H groups in total. The molecule has 3 heteroatoms. The Bertz CT molecular complexity index is 157. The van der Waals surface area contributed by atoms with Gasteiger partial charge in [-0.2, -0.15) is 0 Å². The molecule has 0 aromatic heterocycles. The van der Waals surface area contributed by atoms with Gasteiger partial charge in [0, 0.05) is 10.2 Å². The number of rotatable bonds is 4. The minimum absolute atomic E-state index is 0.297. The Balaban J connectivity index is 2.21. The minimum Gasteiger partial charge on any atom is -0.356 e. The van der Waals surface area contributed by atoms with E-state index in [1.807, 2.05) is 6.92 Å². The number of hydrogen-bond donors (Lipinski definition) is 0. The molecule has 1 atom stereocenters. The molecule has 1 aliphatic carbocycles. The molecule has 1 unspecified atom stereocenters. The molecule has 2 nitrogen and oxygen atoms in total. The molecular weight excluding hydrogens is 267 g/mol. The summed E-state index contributed by atoms with van der Waals surface area (Å²) in [5.74, 6) is 0. The summed E-state index contributed by atoms with van der Waals surface area (Å²) >= 11 is 2.35. The van der Waals surface area contributed by atoms with Crippen molar-refractivity contribution >= 4 is 22.6 Å². The third-order valence-electron chi connectivity index (χ3n) is 1.87. The molecule has 1 aliphatic rings. The predicted molar refractivity (Wildman–Crippen MR) is 57.3 cm³/mol. The molecule has 0 fully saturated rings. The summed E-state index contributed by atoms with van der Waals surface area (Å²) in [6.45, 7) is 3.14. The lowest BCUT2D eigenvalue weighted by atomic mass is 10.1.